The Labute approximate surface area is 104 Å². The summed E-state index contributed by atoms with van der Waals surface area (Å²) in [6.07, 6.45) is 2.47. The molecule has 2 heterocycles. The summed E-state index contributed by atoms with van der Waals surface area (Å²) < 4.78 is 0. The molecule has 4 unspecified atom stereocenters. The number of amides is 1. The summed E-state index contributed by atoms with van der Waals surface area (Å²) in [7, 11) is 0. The SMILES string of the molecule is CC(C)NC(=O)C(C)NC1CCN2CCC1C2. The van der Waals surface area contributed by atoms with Crippen molar-refractivity contribution in [3.63, 3.8) is 0 Å². The van der Waals surface area contributed by atoms with Crippen LogP contribution in [0.4, 0.5) is 0 Å². The Morgan fingerprint density at radius 3 is 2.65 bits per heavy atom. The molecule has 98 valence electrons. The van der Waals surface area contributed by atoms with Crippen LogP contribution in [-0.4, -0.2) is 48.6 Å². The van der Waals surface area contributed by atoms with Gasteiger partial charge in [0.15, 0.2) is 0 Å². The first-order valence-corrected chi connectivity index (χ1v) is 6.85. The average Bonchev–Trinajstić information content (AvgIpc) is 2.64. The molecule has 2 N–H and O–H groups in total. The standard InChI is InChI=1S/C13H25N3O/c1-9(2)14-13(17)10(3)15-12-5-7-16-6-4-11(12)8-16/h9-12,15H,4-8H2,1-3H3,(H,14,17). The van der Waals surface area contributed by atoms with Crippen LogP contribution in [0.3, 0.4) is 0 Å². The molecule has 2 bridgehead atoms. The lowest BCUT2D eigenvalue weighted by Crippen LogP contribution is -2.52. The minimum Gasteiger partial charge on any atom is -0.353 e. The molecule has 0 saturated carbocycles. The number of nitrogens with one attached hydrogen (secondary N) is 2. The van der Waals surface area contributed by atoms with Crippen molar-refractivity contribution < 1.29 is 4.79 Å². The first kappa shape index (κ1) is 12.8. The Hall–Kier alpha value is -0.610. The van der Waals surface area contributed by atoms with Crippen LogP contribution in [-0.2, 0) is 4.79 Å². The van der Waals surface area contributed by atoms with Gasteiger partial charge in [0.05, 0.1) is 6.04 Å². The third-order valence-electron chi connectivity index (χ3n) is 3.92. The average molecular weight is 239 g/mol. The van der Waals surface area contributed by atoms with Gasteiger partial charge in [-0.25, -0.2) is 0 Å². The van der Waals surface area contributed by atoms with E-state index in [1.54, 1.807) is 0 Å². The zero-order valence-electron chi connectivity index (χ0n) is 11.2. The van der Waals surface area contributed by atoms with E-state index in [4.69, 9.17) is 0 Å². The lowest BCUT2D eigenvalue weighted by atomic mass is 9.93. The van der Waals surface area contributed by atoms with E-state index in [1.165, 1.54) is 32.5 Å². The van der Waals surface area contributed by atoms with Crippen LogP contribution in [0.1, 0.15) is 33.6 Å². The lowest BCUT2D eigenvalue weighted by molar-refractivity contribution is -0.123. The van der Waals surface area contributed by atoms with E-state index in [0.717, 1.165) is 5.92 Å². The van der Waals surface area contributed by atoms with E-state index < -0.39 is 0 Å². The second-order valence-electron chi connectivity index (χ2n) is 5.80. The molecule has 0 aromatic heterocycles. The van der Waals surface area contributed by atoms with Gasteiger partial charge >= 0.3 is 0 Å². The van der Waals surface area contributed by atoms with Gasteiger partial charge in [-0.3, -0.25) is 4.79 Å². The predicted molar refractivity (Wildman–Crippen MR) is 68.8 cm³/mol. The molecule has 2 saturated heterocycles. The Morgan fingerprint density at radius 1 is 1.24 bits per heavy atom. The van der Waals surface area contributed by atoms with Crippen molar-refractivity contribution in [3.05, 3.63) is 0 Å². The van der Waals surface area contributed by atoms with Crippen LogP contribution >= 0.6 is 0 Å². The van der Waals surface area contributed by atoms with Gasteiger partial charge in [0, 0.05) is 18.6 Å². The van der Waals surface area contributed by atoms with Gasteiger partial charge in [-0.1, -0.05) is 0 Å². The molecule has 0 aromatic rings. The van der Waals surface area contributed by atoms with E-state index in [1.807, 2.05) is 20.8 Å². The van der Waals surface area contributed by atoms with Crippen molar-refractivity contribution in [2.75, 3.05) is 19.6 Å². The van der Waals surface area contributed by atoms with Gasteiger partial charge in [0.2, 0.25) is 5.91 Å². The molecule has 4 nitrogen and oxygen atoms in total. The summed E-state index contributed by atoms with van der Waals surface area (Å²) in [6, 6.07) is 0.677. The molecule has 1 amide bonds. The first-order valence-electron chi connectivity index (χ1n) is 6.85. The molecule has 2 aliphatic rings. The topological polar surface area (TPSA) is 44.4 Å². The molecule has 0 aromatic carbocycles. The highest BCUT2D eigenvalue weighted by atomic mass is 16.2. The summed E-state index contributed by atoms with van der Waals surface area (Å²) in [4.78, 5) is 14.4. The first-order chi connectivity index (χ1) is 8.06. The van der Waals surface area contributed by atoms with Crippen LogP contribution in [0, 0.1) is 5.92 Å². The van der Waals surface area contributed by atoms with Crippen molar-refractivity contribution in [1.29, 1.82) is 0 Å². The van der Waals surface area contributed by atoms with Crippen LogP contribution in [0.25, 0.3) is 0 Å². The maximum Gasteiger partial charge on any atom is 0.237 e. The van der Waals surface area contributed by atoms with E-state index in [9.17, 15) is 4.79 Å². The Kier molecular flexibility index (Phi) is 4.05. The van der Waals surface area contributed by atoms with Crippen LogP contribution in [0.15, 0.2) is 0 Å². The monoisotopic (exact) mass is 239 g/mol. The summed E-state index contributed by atoms with van der Waals surface area (Å²) in [5.74, 6) is 0.874. The number of fused-ring (bicyclic) bond motifs is 2. The molecule has 4 heteroatoms. The Bertz CT molecular complexity index is 280. The van der Waals surface area contributed by atoms with Gasteiger partial charge in [0.25, 0.3) is 0 Å². The van der Waals surface area contributed by atoms with E-state index in [0.29, 0.717) is 6.04 Å². The number of carbonyl (C=O) groups excluding carboxylic acids is 1. The summed E-state index contributed by atoms with van der Waals surface area (Å²) in [6.45, 7) is 9.62. The van der Waals surface area contributed by atoms with Gasteiger partial charge in [-0.2, -0.15) is 0 Å². The van der Waals surface area contributed by atoms with E-state index in [-0.39, 0.29) is 18.0 Å². The number of carbonyl (C=O) groups is 1. The number of nitrogens with zero attached hydrogens (tertiary/aromatic N) is 1. The maximum absolute atomic E-state index is 11.8. The third-order valence-corrected chi connectivity index (χ3v) is 3.92. The molecule has 17 heavy (non-hydrogen) atoms. The second kappa shape index (κ2) is 5.36. The second-order valence-corrected chi connectivity index (χ2v) is 5.80. The maximum atomic E-state index is 11.8. The molecule has 0 spiro atoms. The summed E-state index contributed by atoms with van der Waals surface area (Å²) in [5.41, 5.74) is 0. The number of rotatable bonds is 4. The zero-order valence-corrected chi connectivity index (χ0v) is 11.2. The molecular formula is C13H25N3O. The smallest absolute Gasteiger partial charge is 0.237 e. The minimum absolute atomic E-state index is 0.0745. The van der Waals surface area contributed by atoms with Crippen molar-refractivity contribution >= 4 is 5.91 Å². The molecule has 2 rings (SSSR count). The van der Waals surface area contributed by atoms with Crippen LogP contribution in [0.5, 0.6) is 0 Å². The highest BCUT2D eigenvalue weighted by Crippen LogP contribution is 2.27. The molecule has 2 fully saturated rings. The molecular weight excluding hydrogens is 214 g/mol. The molecule has 4 atom stereocenters. The number of hydrogen-bond donors (Lipinski definition) is 2. The van der Waals surface area contributed by atoms with Crippen molar-refractivity contribution in [2.45, 2.75) is 51.7 Å². The zero-order chi connectivity index (χ0) is 12.4. The largest absolute Gasteiger partial charge is 0.353 e. The summed E-state index contributed by atoms with van der Waals surface area (Å²) in [5, 5.41) is 6.48. The van der Waals surface area contributed by atoms with Gasteiger partial charge in [0.1, 0.15) is 0 Å². The Morgan fingerprint density at radius 2 is 1.94 bits per heavy atom. The van der Waals surface area contributed by atoms with Crippen LogP contribution < -0.4 is 10.6 Å². The van der Waals surface area contributed by atoms with E-state index in [2.05, 4.69) is 15.5 Å². The highest BCUT2D eigenvalue weighted by molar-refractivity contribution is 5.81. The fourth-order valence-electron chi connectivity index (χ4n) is 2.98. The van der Waals surface area contributed by atoms with Gasteiger partial charge in [-0.05, 0) is 52.6 Å². The third kappa shape index (κ3) is 3.19. The van der Waals surface area contributed by atoms with Gasteiger partial charge in [-0.15, -0.1) is 0 Å². The van der Waals surface area contributed by atoms with Crippen molar-refractivity contribution in [1.82, 2.24) is 15.5 Å². The fourth-order valence-corrected chi connectivity index (χ4v) is 2.98. The normalized spacial score (nSPS) is 33.8. The Balaban J connectivity index is 1.81. The number of piperidine rings is 1. The molecule has 2 aliphatic heterocycles. The van der Waals surface area contributed by atoms with Gasteiger partial charge < -0.3 is 15.5 Å². The number of hydrogen-bond acceptors (Lipinski definition) is 3. The van der Waals surface area contributed by atoms with E-state index >= 15 is 0 Å². The summed E-state index contributed by atoms with van der Waals surface area (Å²) >= 11 is 0. The predicted octanol–water partition coefficient (Wildman–Crippen LogP) is 0.583. The van der Waals surface area contributed by atoms with Crippen molar-refractivity contribution in [2.24, 2.45) is 5.92 Å². The minimum atomic E-state index is -0.0745. The van der Waals surface area contributed by atoms with Crippen molar-refractivity contribution in [3.8, 4) is 0 Å². The van der Waals surface area contributed by atoms with Crippen LogP contribution in [0.2, 0.25) is 0 Å². The highest BCUT2D eigenvalue weighted by Gasteiger charge is 2.35. The molecule has 0 radical (unpaired) electrons. The molecule has 0 aliphatic carbocycles. The quantitative estimate of drug-likeness (QED) is 0.754. The fraction of sp³-hybridized carbons (Fsp3) is 0.923. The lowest BCUT2D eigenvalue weighted by Gasteiger charge is -2.33.